The number of hydrogen-bond donors (Lipinski definition) is 2. The standard InChI is InChI=1S/C20H22Cl3NO4/c1-3-5-13-16(7-6-12(11(2)25)19(13)26)27-8-4-9-28-20-17(22)14(21)10-15(24)18(20)23/h6-7,10,26H,3-5,8-9,24H2,1-2H3. The van der Waals surface area contributed by atoms with Crippen molar-refractivity contribution in [2.45, 2.75) is 33.1 Å². The van der Waals surface area contributed by atoms with Crippen molar-refractivity contribution < 1.29 is 19.4 Å². The molecule has 2 aromatic carbocycles. The molecule has 0 aliphatic rings. The number of anilines is 1. The zero-order valence-corrected chi connectivity index (χ0v) is 17.9. The molecule has 0 saturated carbocycles. The lowest BCUT2D eigenvalue weighted by Gasteiger charge is -2.15. The molecule has 0 bridgehead atoms. The fraction of sp³-hybridized carbons (Fsp3) is 0.350. The maximum absolute atomic E-state index is 11.6. The number of carbonyl (C=O) groups excluding carboxylic acids is 1. The first-order chi connectivity index (χ1) is 13.3. The highest BCUT2D eigenvalue weighted by atomic mass is 35.5. The summed E-state index contributed by atoms with van der Waals surface area (Å²) in [5.41, 5.74) is 6.97. The van der Waals surface area contributed by atoms with Gasteiger partial charge in [-0.2, -0.15) is 0 Å². The second-order valence-corrected chi connectivity index (χ2v) is 7.36. The molecule has 5 nitrogen and oxygen atoms in total. The van der Waals surface area contributed by atoms with Gasteiger partial charge in [-0.15, -0.1) is 0 Å². The molecule has 0 spiro atoms. The fourth-order valence-electron chi connectivity index (χ4n) is 2.67. The van der Waals surface area contributed by atoms with E-state index in [0.29, 0.717) is 36.3 Å². The Hall–Kier alpha value is -1.82. The summed E-state index contributed by atoms with van der Waals surface area (Å²) < 4.78 is 11.4. The minimum atomic E-state index is -0.190. The van der Waals surface area contributed by atoms with E-state index < -0.39 is 0 Å². The van der Waals surface area contributed by atoms with E-state index in [2.05, 4.69) is 0 Å². The number of ether oxygens (including phenoxy) is 2. The monoisotopic (exact) mass is 445 g/mol. The fourth-order valence-corrected chi connectivity index (χ4v) is 3.33. The summed E-state index contributed by atoms with van der Waals surface area (Å²) in [7, 11) is 0. The first-order valence-corrected chi connectivity index (χ1v) is 9.95. The quantitative estimate of drug-likeness (QED) is 0.216. The van der Waals surface area contributed by atoms with Crippen molar-refractivity contribution >= 4 is 46.3 Å². The number of benzene rings is 2. The van der Waals surface area contributed by atoms with Crippen LogP contribution in [0.3, 0.4) is 0 Å². The smallest absolute Gasteiger partial charge is 0.163 e. The van der Waals surface area contributed by atoms with Gasteiger partial charge < -0.3 is 20.3 Å². The Labute approximate surface area is 179 Å². The normalized spacial score (nSPS) is 10.8. The molecule has 0 unspecified atom stereocenters. The molecule has 0 saturated heterocycles. The summed E-state index contributed by atoms with van der Waals surface area (Å²) in [5, 5.41) is 11.0. The Balaban J connectivity index is 1.99. The van der Waals surface area contributed by atoms with Crippen LogP contribution in [0.5, 0.6) is 17.2 Å². The van der Waals surface area contributed by atoms with Crippen LogP contribution < -0.4 is 15.2 Å². The highest BCUT2D eigenvalue weighted by Gasteiger charge is 2.17. The van der Waals surface area contributed by atoms with E-state index in [1.165, 1.54) is 13.0 Å². The second kappa shape index (κ2) is 10.1. The Kier molecular flexibility index (Phi) is 8.10. The van der Waals surface area contributed by atoms with Crippen LogP contribution in [0.15, 0.2) is 18.2 Å². The van der Waals surface area contributed by atoms with Gasteiger partial charge in [0.2, 0.25) is 0 Å². The molecule has 0 radical (unpaired) electrons. The van der Waals surface area contributed by atoms with E-state index in [-0.39, 0.29) is 44.6 Å². The number of phenols is 1. The summed E-state index contributed by atoms with van der Waals surface area (Å²) in [6, 6.07) is 4.74. The molecule has 8 heteroatoms. The van der Waals surface area contributed by atoms with Crippen LogP contribution >= 0.6 is 34.8 Å². The van der Waals surface area contributed by atoms with Gasteiger partial charge in [0, 0.05) is 12.0 Å². The first-order valence-electron chi connectivity index (χ1n) is 8.82. The average molecular weight is 447 g/mol. The summed E-state index contributed by atoms with van der Waals surface area (Å²) in [6.45, 7) is 4.02. The predicted molar refractivity (Wildman–Crippen MR) is 114 cm³/mol. The summed E-state index contributed by atoms with van der Waals surface area (Å²) in [5.74, 6) is 0.580. The molecule has 3 N–H and O–H groups in total. The van der Waals surface area contributed by atoms with Crippen molar-refractivity contribution in [1.29, 1.82) is 0 Å². The molecule has 0 aromatic heterocycles. The van der Waals surface area contributed by atoms with Crippen LogP contribution in [-0.4, -0.2) is 24.1 Å². The molecule has 28 heavy (non-hydrogen) atoms. The predicted octanol–water partition coefficient (Wildman–Crippen LogP) is 5.94. The molecule has 152 valence electrons. The van der Waals surface area contributed by atoms with Gasteiger partial charge in [0.25, 0.3) is 0 Å². The lowest BCUT2D eigenvalue weighted by molar-refractivity contribution is 0.101. The van der Waals surface area contributed by atoms with E-state index in [1.54, 1.807) is 12.1 Å². The van der Waals surface area contributed by atoms with Crippen LogP contribution in [0.4, 0.5) is 5.69 Å². The number of halogens is 3. The van der Waals surface area contributed by atoms with Gasteiger partial charge in [0.15, 0.2) is 11.5 Å². The SMILES string of the molecule is CCCc1c(OCCCOc2c(Cl)c(N)cc(Cl)c2Cl)ccc(C(C)=O)c1O. The number of Topliss-reactive ketones (excluding diaryl/α,β-unsaturated/α-hetero) is 1. The largest absolute Gasteiger partial charge is 0.507 e. The Morgan fingerprint density at radius 1 is 1.14 bits per heavy atom. The van der Waals surface area contributed by atoms with E-state index in [9.17, 15) is 9.90 Å². The van der Waals surface area contributed by atoms with Gasteiger partial charge in [-0.05, 0) is 31.5 Å². The number of nitrogens with two attached hydrogens (primary N) is 1. The van der Waals surface area contributed by atoms with Crippen molar-refractivity contribution in [3.05, 3.63) is 44.4 Å². The third kappa shape index (κ3) is 5.16. The van der Waals surface area contributed by atoms with Crippen LogP contribution in [0.25, 0.3) is 0 Å². The molecule has 0 fully saturated rings. The van der Waals surface area contributed by atoms with E-state index in [0.717, 1.165) is 6.42 Å². The maximum Gasteiger partial charge on any atom is 0.163 e. The van der Waals surface area contributed by atoms with Crippen molar-refractivity contribution in [1.82, 2.24) is 0 Å². The number of ketones is 1. The van der Waals surface area contributed by atoms with Gasteiger partial charge in [-0.3, -0.25) is 4.79 Å². The zero-order valence-electron chi connectivity index (χ0n) is 15.7. The molecule has 0 heterocycles. The van der Waals surface area contributed by atoms with Crippen LogP contribution in [0, 0.1) is 0 Å². The second-order valence-electron chi connectivity index (χ2n) is 6.20. The average Bonchev–Trinajstić information content (AvgIpc) is 2.64. The molecule has 0 aliphatic carbocycles. The first kappa shape index (κ1) is 22.5. The molecular formula is C20H22Cl3NO4. The van der Waals surface area contributed by atoms with Gasteiger partial charge in [-0.25, -0.2) is 0 Å². The zero-order chi connectivity index (χ0) is 20.8. The van der Waals surface area contributed by atoms with E-state index in [4.69, 9.17) is 50.0 Å². The summed E-state index contributed by atoms with van der Waals surface area (Å²) in [6.07, 6.45) is 1.94. The Bertz CT molecular complexity index is 845. The summed E-state index contributed by atoms with van der Waals surface area (Å²) >= 11 is 18.2. The highest BCUT2D eigenvalue weighted by Crippen LogP contribution is 2.42. The van der Waals surface area contributed by atoms with Gasteiger partial charge in [0.05, 0.1) is 29.5 Å². The maximum atomic E-state index is 11.6. The molecular weight excluding hydrogens is 425 g/mol. The van der Waals surface area contributed by atoms with Crippen LogP contribution in [0.2, 0.25) is 15.1 Å². The van der Waals surface area contributed by atoms with Crippen LogP contribution in [0.1, 0.15) is 42.6 Å². The molecule has 2 rings (SSSR count). The van der Waals surface area contributed by atoms with Crippen LogP contribution in [-0.2, 0) is 6.42 Å². The van der Waals surface area contributed by atoms with Crippen molar-refractivity contribution in [2.75, 3.05) is 18.9 Å². The van der Waals surface area contributed by atoms with E-state index in [1.807, 2.05) is 6.92 Å². The van der Waals surface area contributed by atoms with Crippen molar-refractivity contribution in [3.8, 4) is 17.2 Å². The Morgan fingerprint density at radius 2 is 1.82 bits per heavy atom. The topological polar surface area (TPSA) is 81.8 Å². The number of carbonyl (C=O) groups is 1. The van der Waals surface area contributed by atoms with Gasteiger partial charge in [-0.1, -0.05) is 48.1 Å². The minimum absolute atomic E-state index is 0.0175. The highest BCUT2D eigenvalue weighted by molar-refractivity contribution is 6.45. The Morgan fingerprint density at radius 3 is 2.46 bits per heavy atom. The minimum Gasteiger partial charge on any atom is -0.507 e. The lowest BCUT2D eigenvalue weighted by atomic mass is 10.0. The molecule has 0 atom stereocenters. The number of rotatable bonds is 9. The number of aromatic hydroxyl groups is 1. The summed E-state index contributed by atoms with van der Waals surface area (Å²) in [4.78, 5) is 11.6. The number of hydrogen-bond acceptors (Lipinski definition) is 5. The van der Waals surface area contributed by atoms with E-state index >= 15 is 0 Å². The third-order valence-corrected chi connectivity index (χ3v) is 5.22. The molecule has 0 aliphatic heterocycles. The van der Waals surface area contributed by atoms with Gasteiger partial charge in [0.1, 0.15) is 21.5 Å². The van der Waals surface area contributed by atoms with Crippen molar-refractivity contribution in [2.24, 2.45) is 0 Å². The number of nitrogen functional groups attached to an aromatic ring is 1. The molecule has 2 aromatic rings. The molecule has 0 amide bonds. The van der Waals surface area contributed by atoms with Gasteiger partial charge >= 0.3 is 0 Å². The number of phenolic OH excluding ortho intramolecular Hbond substituents is 1. The lowest BCUT2D eigenvalue weighted by Crippen LogP contribution is -2.08. The third-order valence-electron chi connectivity index (χ3n) is 4.06. The van der Waals surface area contributed by atoms with Crippen molar-refractivity contribution in [3.63, 3.8) is 0 Å².